The van der Waals surface area contributed by atoms with Gasteiger partial charge in [0.05, 0.1) is 16.1 Å². The lowest BCUT2D eigenvalue weighted by Gasteiger charge is -2.12. The summed E-state index contributed by atoms with van der Waals surface area (Å²) in [6.07, 6.45) is 0.670. The quantitative estimate of drug-likeness (QED) is 0.372. The van der Waals surface area contributed by atoms with Gasteiger partial charge in [-0.2, -0.15) is 5.26 Å². The Labute approximate surface area is 115 Å². The molecule has 0 amide bonds. The molecule has 0 aliphatic rings. The first kappa shape index (κ1) is 14.6. The Balaban J connectivity index is 2.58. The van der Waals surface area contributed by atoms with Crippen molar-refractivity contribution in [2.75, 3.05) is 13.1 Å². The van der Waals surface area contributed by atoms with Crippen molar-refractivity contribution in [3.8, 4) is 6.07 Å². The van der Waals surface area contributed by atoms with Gasteiger partial charge in [0.15, 0.2) is 0 Å². The van der Waals surface area contributed by atoms with Gasteiger partial charge in [0, 0.05) is 11.5 Å². The third-order valence-corrected chi connectivity index (χ3v) is 2.99. The van der Waals surface area contributed by atoms with E-state index in [-0.39, 0.29) is 0 Å². The molecule has 0 radical (unpaired) electrons. The van der Waals surface area contributed by atoms with E-state index in [0.717, 1.165) is 5.56 Å². The van der Waals surface area contributed by atoms with E-state index < -0.39 is 6.04 Å². The molecule has 1 aromatic rings. The van der Waals surface area contributed by atoms with Crippen LogP contribution in [0.3, 0.4) is 0 Å². The maximum Gasteiger partial charge on any atom is 0.121 e. The Morgan fingerprint density at radius 3 is 2.83 bits per heavy atom. The number of hydrogen-bond acceptors (Lipinski definition) is 3. The smallest absolute Gasteiger partial charge is 0.121 e. The number of nitrogens with zero attached hydrogens (tertiary/aromatic N) is 4. The van der Waals surface area contributed by atoms with E-state index in [1.807, 2.05) is 0 Å². The molecule has 1 rings (SSSR count). The van der Waals surface area contributed by atoms with Crippen LogP contribution in [0.1, 0.15) is 18.0 Å². The van der Waals surface area contributed by atoms with E-state index in [2.05, 4.69) is 21.4 Å². The second-order valence-corrected chi connectivity index (χ2v) is 4.31. The molecule has 1 unspecified atom stereocenters. The van der Waals surface area contributed by atoms with Gasteiger partial charge in [-0.3, -0.25) is 5.32 Å². The van der Waals surface area contributed by atoms with Gasteiger partial charge in [-0.25, -0.2) is 0 Å². The van der Waals surface area contributed by atoms with Gasteiger partial charge < -0.3 is 0 Å². The monoisotopic (exact) mass is 283 g/mol. The molecular weight excluding hydrogens is 273 g/mol. The number of azide groups is 1. The summed E-state index contributed by atoms with van der Waals surface area (Å²) in [4.78, 5) is 2.65. The average molecular weight is 284 g/mol. The molecule has 0 aromatic heterocycles. The highest BCUT2D eigenvalue weighted by atomic mass is 35.5. The zero-order valence-corrected chi connectivity index (χ0v) is 11.0. The van der Waals surface area contributed by atoms with Gasteiger partial charge in [-0.1, -0.05) is 34.4 Å². The van der Waals surface area contributed by atoms with E-state index in [4.69, 9.17) is 34.0 Å². The largest absolute Gasteiger partial charge is 0.298 e. The van der Waals surface area contributed by atoms with E-state index in [0.29, 0.717) is 29.6 Å². The fourth-order valence-electron chi connectivity index (χ4n) is 1.37. The van der Waals surface area contributed by atoms with Crippen molar-refractivity contribution in [3.63, 3.8) is 0 Å². The highest BCUT2D eigenvalue weighted by Gasteiger charge is 2.10. The lowest BCUT2D eigenvalue weighted by molar-refractivity contribution is 0.607. The predicted octanol–water partition coefficient (Wildman–Crippen LogP) is 3.85. The van der Waals surface area contributed by atoms with Crippen molar-refractivity contribution in [2.45, 2.75) is 12.5 Å². The van der Waals surface area contributed by atoms with Crippen LogP contribution in [0.25, 0.3) is 10.4 Å². The second-order valence-electron chi connectivity index (χ2n) is 3.50. The van der Waals surface area contributed by atoms with Crippen LogP contribution < -0.4 is 5.32 Å². The van der Waals surface area contributed by atoms with Gasteiger partial charge in [0.25, 0.3) is 0 Å². The van der Waals surface area contributed by atoms with E-state index >= 15 is 0 Å². The first-order valence-electron chi connectivity index (χ1n) is 5.28. The number of rotatable bonds is 6. The van der Waals surface area contributed by atoms with Crippen LogP contribution in [0.5, 0.6) is 0 Å². The molecule has 94 valence electrons. The van der Waals surface area contributed by atoms with Crippen molar-refractivity contribution < 1.29 is 0 Å². The molecule has 0 heterocycles. The highest BCUT2D eigenvalue weighted by molar-refractivity contribution is 6.42. The van der Waals surface area contributed by atoms with Crippen molar-refractivity contribution >= 4 is 23.2 Å². The molecule has 1 aromatic carbocycles. The maximum absolute atomic E-state index is 9.07. The minimum absolute atomic E-state index is 0.406. The van der Waals surface area contributed by atoms with Crippen LogP contribution in [-0.2, 0) is 0 Å². The molecule has 1 N–H and O–H groups in total. The lowest BCUT2D eigenvalue weighted by atomic mass is 10.1. The Bertz CT molecular complexity index is 491. The zero-order valence-electron chi connectivity index (χ0n) is 9.48. The minimum Gasteiger partial charge on any atom is -0.298 e. The third-order valence-electron chi connectivity index (χ3n) is 2.25. The van der Waals surface area contributed by atoms with Crippen LogP contribution in [-0.4, -0.2) is 13.1 Å². The zero-order chi connectivity index (χ0) is 13.4. The van der Waals surface area contributed by atoms with Crippen molar-refractivity contribution in [3.05, 3.63) is 44.3 Å². The summed E-state index contributed by atoms with van der Waals surface area (Å²) < 4.78 is 0. The fourth-order valence-corrected chi connectivity index (χ4v) is 1.68. The Hall–Kier alpha value is -1.44. The molecule has 0 aliphatic heterocycles. The average Bonchev–Trinajstić information content (AvgIpc) is 2.37. The minimum atomic E-state index is -0.453. The standard InChI is InChI=1S/C11H11Cl2N5/c12-9-3-2-8(6-10(9)13)11(7-14)16-4-1-5-17-18-15/h2-3,6,11,16H,1,4-5H2. The van der Waals surface area contributed by atoms with E-state index in [1.165, 1.54) is 0 Å². The van der Waals surface area contributed by atoms with Crippen molar-refractivity contribution in [2.24, 2.45) is 5.11 Å². The van der Waals surface area contributed by atoms with Crippen LogP contribution in [0.4, 0.5) is 0 Å². The summed E-state index contributed by atoms with van der Waals surface area (Å²) in [5.74, 6) is 0. The molecule has 0 bridgehead atoms. The topological polar surface area (TPSA) is 84.6 Å². The molecule has 0 saturated heterocycles. The Morgan fingerprint density at radius 2 is 2.22 bits per heavy atom. The van der Waals surface area contributed by atoms with Crippen LogP contribution in [0, 0.1) is 11.3 Å². The molecule has 18 heavy (non-hydrogen) atoms. The van der Waals surface area contributed by atoms with Gasteiger partial charge in [0.2, 0.25) is 0 Å². The number of benzene rings is 1. The first-order chi connectivity index (χ1) is 8.69. The summed E-state index contributed by atoms with van der Waals surface area (Å²) in [5, 5.41) is 16.4. The third kappa shape index (κ3) is 4.44. The van der Waals surface area contributed by atoms with Gasteiger partial charge in [0.1, 0.15) is 6.04 Å². The first-order valence-corrected chi connectivity index (χ1v) is 6.03. The molecule has 5 nitrogen and oxygen atoms in total. The lowest BCUT2D eigenvalue weighted by Crippen LogP contribution is -2.21. The summed E-state index contributed by atoms with van der Waals surface area (Å²) in [6.45, 7) is 0.987. The molecule has 1 atom stereocenters. The molecule has 0 spiro atoms. The molecule has 0 saturated carbocycles. The highest BCUT2D eigenvalue weighted by Crippen LogP contribution is 2.25. The maximum atomic E-state index is 9.07. The van der Waals surface area contributed by atoms with Crippen molar-refractivity contribution in [1.82, 2.24) is 5.32 Å². The normalized spacial score (nSPS) is 11.4. The number of hydrogen-bond donors (Lipinski definition) is 1. The van der Waals surface area contributed by atoms with Gasteiger partial charge in [-0.15, -0.1) is 0 Å². The molecular formula is C11H11Cl2N5. The number of nitriles is 1. The second kappa shape index (κ2) is 7.80. The predicted molar refractivity (Wildman–Crippen MR) is 71.4 cm³/mol. The number of nitrogens with one attached hydrogen (secondary N) is 1. The molecule has 0 fully saturated rings. The number of halogens is 2. The summed E-state index contributed by atoms with van der Waals surface area (Å²) in [7, 11) is 0. The molecule has 0 aliphatic carbocycles. The van der Waals surface area contributed by atoms with Crippen molar-refractivity contribution in [1.29, 1.82) is 5.26 Å². The summed E-state index contributed by atoms with van der Waals surface area (Å²) >= 11 is 11.7. The van der Waals surface area contributed by atoms with Gasteiger partial charge in [-0.05, 0) is 36.2 Å². The SMILES string of the molecule is N#CC(NCCCN=[N+]=[N-])c1ccc(Cl)c(Cl)c1. The van der Waals surface area contributed by atoms with Crippen LogP contribution in [0.2, 0.25) is 10.0 Å². The van der Waals surface area contributed by atoms with E-state index in [9.17, 15) is 0 Å². The van der Waals surface area contributed by atoms with Crippen LogP contribution >= 0.6 is 23.2 Å². The van der Waals surface area contributed by atoms with Crippen LogP contribution in [0.15, 0.2) is 23.3 Å². The fraction of sp³-hybridized carbons (Fsp3) is 0.364. The summed E-state index contributed by atoms with van der Waals surface area (Å²) in [5.41, 5.74) is 8.87. The Morgan fingerprint density at radius 1 is 1.44 bits per heavy atom. The Kier molecular flexibility index (Phi) is 6.34. The summed E-state index contributed by atoms with van der Waals surface area (Å²) in [6, 6.07) is 6.76. The van der Waals surface area contributed by atoms with E-state index in [1.54, 1.807) is 18.2 Å². The van der Waals surface area contributed by atoms with Gasteiger partial charge >= 0.3 is 0 Å². The molecule has 7 heteroatoms.